The van der Waals surface area contributed by atoms with Crippen molar-refractivity contribution in [1.29, 1.82) is 0 Å². The van der Waals surface area contributed by atoms with Gasteiger partial charge in [-0.3, -0.25) is 14.3 Å². The quantitative estimate of drug-likeness (QED) is 0.364. The second-order valence-corrected chi connectivity index (χ2v) is 12.5. The van der Waals surface area contributed by atoms with E-state index < -0.39 is 74.6 Å². The van der Waals surface area contributed by atoms with E-state index in [9.17, 15) is 36.2 Å². The van der Waals surface area contributed by atoms with Crippen molar-refractivity contribution in [1.82, 2.24) is 24.8 Å². The number of halogens is 7. The number of nitrogens with zero attached hydrogens (tertiary/aromatic N) is 5. The summed E-state index contributed by atoms with van der Waals surface area (Å²) in [6.45, 7) is -0.514. The number of hydrogen-bond donors (Lipinski definition) is 2. The number of phenols is 1. The number of pyridine rings is 1. The summed E-state index contributed by atoms with van der Waals surface area (Å²) in [4.78, 5) is 26.2. The van der Waals surface area contributed by atoms with Gasteiger partial charge in [-0.2, -0.15) is 36.3 Å². The van der Waals surface area contributed by atoms with Crippen molar-refractivity contribution < 1.29 is 38.9 Å². The summed E-state index contributed by atoms with van der Waals surface area (Å²) in [6.07, 6.45) is -6.74. The fourth-order valence-electron chi connectivity index (χ4n) is 7.30. The maximum Gasteiger partial charge on any atom is 0.431 e. The molecule has 6 heterocycles. The lowest BCUT2D eigenvalue weighted by Gasteiger charge is -2.35. The van der Waals surface area contributed by atoms with Gasteiger partial charge < -0.3 is 20.1 Å². The first-order chi connectivity index (χ1) is 22.0. The van der Waals surface area contributed by atoms with Gasteiger partial charge in [-0.1, -0.05) is 11.6 Å². The lowest BCUT2D eigenvalue weighted by atomic mass is 9.95. The van der Waals surface area contributed by atoms with Crippen LogP contribution in [0.5, 0.6) is 11.8 Å². The molecule has 0 amide bonds. The van der Waals surface area contributed by atoms with Crippen LogP contribution in [0, 0.1) is 0 Å². The Bertz CT molecular complexity index is 1800. The summed E-state index contributed by atoms with van der Waals surface area (Å²) >= 11 is 5.79. The third-order valence-electron chi connectivity index (χ3n) is 9.19. The van der Waals surface area contributed by atoms with Gasteiger partial charge in [0.2, 0.25) is 0 Å². The topological polar surface area (TPSA) is 95.8 Å². The van der Waals surface area contributed by atoms with Gasteiger partial charge in [-0.15, -0.1) is 0 Å². The van der Waals surface area contributed by atoms with E-state index in [4.69, 9.17) is 19.1 Å². The standard InChI is InChI=1S/C29H29ClF6N6O3/c30-19-9-17(43)10-20(22(19)29(34,35)36)42-21(28(31,32)33)11-18-23(25(42)44)38-26(45-14-27-5-1-7-41(27)8-2-6-27)39-24(18)40-12-15-3-4-16(13-40)37-15/h9-11,15-16,37,43H,1-8,12-14H2/t15-,16+/i14D2. The Balaban J connectivity index is 1.49. The number of rotatable bonds is 5. The number of fused-ring (bicyclic) bond motifs is 4. The molecule has 45 heavy (non-hydrogen) atoms. The Hall–Kier alpha value is -3.30. The lowest BCUT2D eigenvalue weighted by molar-refractivity contribution is -0.144. The fourth-order valence-corrected chi connectivity index (χ4v) is 7.62. The molecule has 7 rings (SSSR count). The maximum absolute atomic E-state index is 14.7. The molecule has 0 spiro atoms. The first-order valence-electron chi connectivity index (χ1n) is 15.6. The van der Waals surface area contributed by atoms with Gasteiger partial charge in [0.25, 0.3) is 5.56 Å². The predicted molar refractivity (Wildman–Crippen MR) is 152 cm³/mol. The zero-order valence-electron chi connectivity index (χ0n) is 25.6. The Labute approximate surface area is 260 Å². The van der Waals surface area contributed by atoms with Gasteiger partial charge in [0, 0.05) is 31.2 Å². The van der Waals surface area contributed by atoms with E-state index in [2.05, 4.69) is 15.3 Å². The van der Waals surface area contributed by atoms with E-state index in [1.165, 1.54) is 0 Å². The monoisotopic (exact) mass is 660 g/mol. The molecule has 2 N–H and O–H groups in total. The van der Waals surface area contributed by atoms with Crippen molar-refractivity contribution in [2.45, 2.75) is 68.5 Å². The average molecular weight is 661 g/mol. The summed E-state index contributed by atoms with van der Waals surface area (Å²) < 4.78 is 110. The smallest absolute Gasteiger partial charge is 0.431 e. The minimum atomic E-state index is -5.37. The molecule has 3 aromatic rings. The molecular formula is C29H29ClF6N6O3. The Kier molecular flexibility index (Phi) is 6.60. The van der Waals surface area contributed by atoms with E-state index >= 15 is 0 Å². The maximum atomic E-state index is 14.7. The molecule has 0 unspecified atom stereocenters. The highest BCUT2D eigenvalue weighted by Crippen LogP contribution is 2.44. The molecule has 4 saturated heterocycles. The number of piperazine rings is 1. The molecular weight excluding hydrogens is 630 g/mol. The molecule has 0 aliphatic carbocycles. The second-order valence-electron chi connectivity index (χ2n) is 12.1. The molecule has 2 bridgehead atoms. The first-order valence-corrected chi connectivity index (χ1v) is 15.0. The first kappa shape index (κ1) is 28.0. The summed E-state index contributed by atoms with van der Waals surface area (Å²) in [5.41, 5.74) is -8.26. The van der Waals surface area contributed by atoms with Crippen LogP contribution in [0.1, 0.15) is 52.5 Å². The van der Waals surface area contributed by atoms with Gasteiger partial charge >= 0.3 is 18.4 Å². The number of aromatic nitrogens is 3. The zero-order valence-corrected chi connectivity index (χ0v) is 24.4. The molecule has 1 aromatic carbocycles. The van der Waals surface area contributed by atoms with Crippen molar-refractivity contribution >= 4 is 28.3 Å². The van der Waals surface area contributed by atoms with Crippen LogP contribution in [0.15, 0.2) is 23.0 Å². The van der Waals surface area contributed by atoms with Crippen molar-refractivity contribution in [3.8, 4) is 17.4 Å². The molecule has 0 radical (unpaired) electrons. The number of anilines is 1. The molecule has 16 heteroatoms. The number of aromatic hydroxyl groups is 1. The van der Waals surface area contributed by atoms with Gasteiger partial charge in [0.15, 0.2) is 0 Å². The summed E-state index contributed by atoms with van der Waals surface area (Å²) in [7, 11) is 0. The molecule has 0 saturated carbocycles. The van der Waals surface area contributed by atoms with Crippen molar-refractivity contribution in [2.75, 3.05) is 37.6 Å². The molecule has 2 aromatic heterocycles. The summed E-state index contributed by atoms with van der Waals surface area (Å²) in [6, 6.07) is 0.674. The molecule has 9 nitrogen and oxygen atoms in total. The van der Waals surface area contributed by atoms with Crippen LogP contribution in [0.25, 0.3) is 16.6 Å². The number of ether oxygens (including phenoxy) is 1. The van der Waals surface area contributed by atoms with Crippen LogP contribution in [0.3, 0.4) is 0 Å². The summed E-state index contributed by atoms with van der Waals surface area (Å²) in [5.74, 6) is -1.04. The Morgan fingerprint density at radius 1 is 1.04 bits per heavy atom. The number of alkyl halides is 6. The normalized spacial score (nSPS) is 24.2. The van der Waals surface area contributed by atoms with E-state index in [0.29, 0.717) is 44.1 Å². The fraction of sp³-hybridized carbons (Fsp3) is 0.552. The minimum Gasteiger partial charge on any atom is -0.508 e. The van der Waals surface area contributed by atoms with E-state index in [0.717, 1.165) is 25.7 Å². The largest absolute Gasteiger partial charge is 0.508 e. The molecule has 242 valence electrons. The summed E-state index contributed by atoms with van der Waals surface area (Å²) in [5, 5.41) is 12.0. The van der Waals surface area contributed by atoms with Crippen molar-refractivity contribution in [3.63, 3.8) is 0 Å². The van der Waals surface area contributed by atoms with E-state index in [-0.39, 0.29) is 35.6 Å². The second kappa shape index (κ2) is 10.6. The van der Waals surface area contributed by atoms with Gasteiger partial charge in [0.05, 0.1) is 29.9 Å². The highest BCUT2D eigenvalue weighted by molar-refractivity contribution is 6.31. The van der Waals surface area contributed by atoms with Crippen LogP contribution >= 0.6 is 11.6 Å². The predicted octanol–water partition coefficient (Wildman–Crippen LogP) is 5.13. The number of nitrogens with one attached hydrogen (secondary N) is 1. The lowest BCUT2D eigenvalue weighted by Crippen LogP contribution is -2.51. The van der Waals surface area contributed by atoms with Crippen LogP contribution in [-0.2, 0) is 12.4 Å². The Morgan fingerprint density at radius 2 is 1.71 bits per heavy atom. The zero-order chi connectivity index (χ0) is 33.7. The van der Waals surface area contributed by atoms with Crippen molar-refractivity contribution in [2.24, 2.45) is 0 Å². The van der Waals surface area contributed by atoms with E-state index in [1.54, 1.807) is 4.90 Å². The average Bonchev–Trinajstić information content (AvgIpc) is 3.65. The van der Waals surface area contributed by atoms with Gasteiger partial charge in [0.1, 0.15) is 29.3 Å². The van der Waals surface area contributed by atoms with E-state index in [1.807, 2.05) is 4.90 Å². The molecule has 4 fully saturated rings. The molecule has 2 atom stereocenters. The minimum absolute atomic E-state index is 0.0368. The van der Waals surface area contributed by atoms with Crippen LogP contribution in [-0.4, -0.2) is 74.9 Å². The molecule has 4 aliphatic rings. The van der Waals surface area contributed by atoms with Crippen LogP contribution in [0.2, 0.25) is 5.02 Å². The SMILES string of the molecule is [2H]C([2H])(Oc1nc(N2C[C@H]3CC[C@@H](C2)N3)c2cc(C(F)(F)F)n(-c3cc(O)cc(Cl)c3C(F)(F)F)c(=O)c2n1)C12CCCN1CCC2. The number of hydrogen-bond acceptors (Lipinski definition) is 8. The highest BCUT2D eigenvalue weighted by Gasteiger charge is 2.46. The van der Waals surface area contributed by atoms with Gasteiger partial charge in [-0.05, 0) is 63.7 Å². The third-order valence-corrected chi connectivity index (χ3v) is 9.49. The van der Waals surface area contributed by atoms with Gasteiger partial charge in [-0.25, -0.2) is 0 Å². The highest BCUT2D eigenvalue weighted by atomic mass is 35.5. The van der Waals surface area contributed by atoms with Crippen LogP contribution < -0.4 is 20.5 Å². The molecule has 4 aliphatic heterocycles. The number of benzene rings is 1. The van der Waals surface area contributed by atoms with Crippen molar-refractivity contribution in [3.05, 3.63) is 44.8 Å². The Morgan fingerprint density at radius 3 is 2.33 bits per heavy atom. The number of phenolic OH excluding ortho intramolecular Hbond substituents is 1. The van der Waals surface area contributed by atoms with Crippen LogP contribution in [0.4, 0.5) is 32.2 Å². The third kappa shape index (κ3) is 5.26.